The first-order valence-corrected chi connectivity index (χ1v) is 14.3. The van der Waals surface area contributed by atoms with Gasteiger partial charge in [0.2, 0.25) is 18.6 Å². The highest BCUT2D eigenvalue weighted by Crippen LogP contribution is 2.37. The number of carbonyl (C=O) groups is 3. The zero-order valence-electron chi connectivity index (χ0n) is 22.5. The molecule has 3 aliphatic rings. The van der Waals surface area contributed by atoms with Gasteiger partial charge in [-0.3, -0.25) is 19.4 Å². The zero-order chi connectivity index (χ0) is 29.2. The number of para-hydroxylation sites is 1. The lowest BCUT2D eigenvalue weighted by molar-refractivity contribution is -0.128. The summed E-state index contributed by atoms with van der Waals surface area (Å²) >= 11 is 1.17. The molecule has 3 amide bonds. The number of thioether (sulfide) groups is 1. The lowest BCUT2D eigenvalue weighted by atomic mass is 10.1. The average Bonchev–Trinajstić information content (AvgIpc) is 3.59. The van der Waals surface area contributed by atoms with Crippen molar-refractivity contribution >= 4 is 51.9 Å². The van der Waals surface area contributed by atoms with Gasteiger partial charge in [-0.1, -0.05) is 43.0 Å². The number of benzene rings is 3. The molecule has 3 aliphatic heterocycles. The van der Waals surface area contributed by atoms with Gasteiger partial charge in [-0.15, -0.1) is 0 Å². The number of anilines is 1. The molecule has 0 saturated heterocycles. The largest absolute Gasteiger partial charge is 0.454 e. The first kappa shape index (κ1) is 27.5. The van der Waals surface area contributed by atoms with Crippen LogP contribution < -0.4 is 20.1 Å². The highest BCUT2D eigenvalue weighted by molar-refractivity contribution is 8.15. The number of amides is 3. The Hall–Kier alpha value is -4.71. The second-order valence-electron chi connectivity index (χ2n) is 9.73. The minimum atomic E-state index is -0.951. The van der Waals surface area contributed by atoms with Crippen molar-refractivity contribution in [3.63, 3.8) is 0 Å². The van der Waals surface area contributed by atoms with Crippen LogP contribution in [0.5, 0.6) is 11.5 Å². The van der Waals surface area contributed by atoms with E-state index in [2.05, 4.69) is 15.6 Å². The van der Waals surface area contributed by atoms with Crippen molar-refractivity contribution in [3.8, 4) is 11.5 Å². The molecule has 0 aromatic heterocycles. The molecule has 0 fully saturated rings. The second-order valence-corrected chi connectivity index (χ2v) is 10.9. The number of fused-ring (bicyclic) bond motifs is 4. The molecule has 0 saturated carbocycles. The fourth-order valence-electron chi connectivity index (χ4n) is 4.71. The zero-order valence-corrected chi connectivity index (χ0v) is 23.3. The molecule has 0 spiro atoms. The van der Waals surface area contributed by atoms with Gasteiger partial charge in [0, 0.05) is 23.9 Å². The molecule has 6 rings (SSSR count). The van der Waals surface area contributed by atoms with Crippen molar-refractivity contribution in [2.45, 2.75) is 37.6 Å². The molecule has 10 nitrogen and oxygen atoms in total. The number of nitrogens with zero attached hydrogens (tertiary/aromatic N) is 3. The smallest absolute Gasteiger partial charge is 0.259 e. The SMILES string of the molecule is CC[C@@H](SC1=Nc2ccccc2C2=N[C@H](CC(=O)NCc3ccc(F)cc3)C(=O)N12)C(=O)Nc1ccc2c(c1)OCO2. The van der Waals surface area contributed by atoms with Crippen molar-refractivity contribution in [3.05, 3.63) is 83.7 Å². The third-order valence-corrected chi connectivity index (χ3v) is 8.20. The number of nitrogens with one attached hydrogen (secondary N) is 2. The van der Waals surface area contributed by atoms with E-state index in [0.29, 0.717) is 45.9 Å². The van der Waals surface area contributed by atoms with Crippen LogP contribution in [0.4, 0.5) is 15.8 Å². The quantitative estimate of drug-likeness (QED) is 0.404. The van der Waals surface area contributed by atoms with Gasteiger partial charge in [0.05, 0.1) is 17.4 Å². The Labute approximate surface area is 245 Å². The normalized spacial score (nSPS) is 17.1. The summed E-state index contributed by atoms with van der Waals surface area (Å²) in [6.45, 7) is 2.21. The topological polar surface area (TPSA) is 122 Å². The molecule has 214 valence electrons. The Morgan fingerprint density at radius 1 is 1.10 bits per heavy atom. The van der Waals surface area contributed by atoms with E-state index in [-0.39, 0.29) is 37.4 Å². The Kier molecular flexibility index (Phi) is 7.62. The predicted molar refractivity (Wildman–Crippen MR) is 156 cm³/mol. The molecule has 3 heterocycles. The Morgan fingerprint density at radius 2 is 1.88 bits per heavy atom. The number of hydrogen-bond donors (Lipinski definition) is 2. The maximum Gasteiger partial charge on any atom is 0.259 e. The summed E-state index contributed by atoms with van der Waals surface area (Å²) in [5.74, 6) is 0.186. The first-order valence-electron chi connectivity index (χ1n) is 13.4. The van der Waals surface area contributed by atoms with Gasteiger partial charge in [0.25, 0.3) is 5.91 Å². The van der Waals surface area contributed by atoms with E-state index in [1.54, 1.807) is 30.3 Å². The van der Waals surface area contributed by atoms with Gasteiger partial charge < -0.3 is 20.1 Å². The molecule has 42 heavy (non-hydrogen) atoms. The lowest BCUT2D eigenvalue weighted by Crippen LogP contribution is -2.43. The monoisotopic (exact) mass is 587 g/mol. The highest BCUT2D eigenvalue weighted by Gasteiger charge is 2.43. The minimum absolute atomic E-state index is 0.131. The molecule has 3 aromatic rings. The maximum absolute atomic E-state index is 13.6. The van der Waals surface area contributed by atoms with Gasteiger partial charge in [0.1, 0.15) is 17.7 Å². The molecule has 0 aliphatic carbocycles. The number of hydrogen-bond acceptors (Lipinski definition) is 8. The van der Waals surface area contributed by atoms with Crippen molar-refractivity contribution in [2.75, 3.05) is 12.1 Å². The molecule has 12 heteroatoms. The van der Waals surface area contributed by atoms with Gasteiger partial charge in [-0.25, -0.2) is 14.3 Å². The van der Waals surface area contributed by atoms with E-state index in [9.17, 15) is 18.8 Å². The molecular weight excluding hydrogens is 561 g/mol. The summed E-state index contributed by atoms with van der Waals surface area (Å²) in [6, 6.07) is 17.3. The number of amidine groups is 2. The van der Waals surface area contributed by atoms with E-state index in [1.807, 2.05) is 31.2 Å². The fourth-order valence-corrected chi connectivity index (χ4v) is 5.73. The fraction of sp³-hybridized carbons (Fsp3) is 0.233. The third-order valence-electron chi connectivity index (χ3n) is 6.88. The maximum atomic E-state index is 13.6. The molecule has 3 aromatic carbocycles. The van der Waals surface area contributed by atoms with Crippen molar-refractivity contribution in [1.29, 1.82) is 0 Å². The van der Waals surface area contributed by atoms with E-state index in [4.69, 9.17) is 14.5 Å². The van der Waals surface area contributed by atoms with Crippen LogP contribution in [0.1, 0.15) is 30.9 Å². The summed E-state index contributed by atoms with van der Waals surface area (Å²) in [5, 5.41) is 5.42. The molecule has 0 bridgehead atoms. The van der Waals surface area contributed by atoms with Crippen LogP contribution in [0.25, 0.3) is 0 Å². The Morgan fingerprint density at radius 3 is 2.69 bits per heavy atom. The Balaban J connectivity index is 1.17. The van der Waals surface area contributed by atoms with Crippen LogP contribution in [0.2, 0.25) is 0 Å². The first-order chi connectivity index (χ1) is 20.4. The summed E-state index contributed by atoms with van der Waals surface area (Å²) in [7, 11) is 0. The van der Waals surface area contributed by atoms with Crippen LogP contribution in [-0.4, -0.2) is 51.7 Å². The summed E-state index contributed by atoms with van der Waals surface area (Å²) < 4.78 is 23.9. The third kappa shape index (κ3) is 5.57. The number of halogens is 1. The van der Waals surface area contributed by atoms with Crippen LogP contribution in [0.3, 0.4) is 0 Å². The summed E-state index contributed by atoms with van der Waals surface area (Å²) in [6.07, 6.45) is 0.299. The second kappa shape index (κ2) is 11.6. The lowest BCUT2D eigenvalue weighted by Gasteiger charge is -2.27. The van der Waals surface area contributed by atoms with Gasteiger partial charge in [-0.05, 0) is 48.4 Å². The number of rotatable bonds is 8. The van der Waals surface area contributed by atoms with E-state index in [1.165, 1.54) is 28.8 Å². The molecule has 0 radical (unpaired) electrons. The average molecular weight is 588 g/mol. The predicted octanol–water partition coefficient (Wildman–Crippen LogP) is 4.37. The molecule has 2 atom stereocenters. The molecular formula is C30H26FN5O5S. The van der Waals surface area contributed by atoms with Crippen molar-refractivity contribution in [2.24, 2.45) is 9.98 Å². The van der Waals surface area contributed by atoms with Gasteiger partial charge in [-0.2, -0.15) is 0 Å². The highest BCUT2D eigenvalue weighted by atomic mass is 32.2. The minimum Gasteiger partial charge on any atom is -0.454 e. The summed E-state index contributed by atoms with van der Waals surface area (Å²) in [4.78, 5) is 50.4. The number of carbonyl (C=O) groups excluding carboxylic acids is 3. The van der Waals surface area contributed by atoms with E-state index < -0.39 is 17.2 Å². The van der Waals surface area contributed by atoms with Crippen LogP contribution in [0, 0.1) is 5.82 Å². The van der Waals surface area contributed by atoms with Gasteiger partial charge in [0.15, 0.2) is 16.7 Å². The Bertz CT molecular complexity index is 1630. The standard InChI is InChI=1S/C30H26FN5O5S/c1-2-25(28(38)33-19-11-12-23-24(13-19)41-16-40-23)42-30-35-21-6-4-3-5-20(21)27-34-22(29(39)36(27)30)14-26(37)32-15-17-7-9-18(31)10-8-17/h3-13,22,25H,2,14-16H2,1H3,(H,32,37)(H,33,38)/t22-,25-/m1/s1. The number of aliphatic imine (C=N–C) groups is 2. The van der Waals surface area contributed by atoms with E-state index >= 15 is 0 Å². The van der Waals surface area contributed by atoms with Crippen molar-refractivity contribution < 1.29 is 28.2 Å². The number of ether oxygens (including phenoxy) is 2. The van der Waals surface area contributed by atoms with Crippen molar-refractivity contribution in [1.82, 2.24) is 10.2 Å². The van der Waals surface area contributed by atoms with Crippen LogP contribution >= 0.6 is 11.8 Å². The van der Waals surface area contributed by atoms with Crippen LogP contribution in [0.15, 0.2) is 76.7 Å². The summed E-state index contributed by atoms with van der Waals surface area (Å²) in [5.41, 5.74) is 2.58. The van der Waals surface area contributed by atoms with E-state index in [0.717, 1.165) is 5.56 Å². The van der Waals surface area contributed by atoms with Gasteiger partial charge >= 0.3 is 0 Å². The molecule has 2 N–H and O–H groups in total. The molecule has 0 unspecified atom stereocenters. The van der Waals surface area contributed by atoms with Crippen LogP contribution in [-0.2, 0) is 20.9 Å².